The van der Waals surface area contributed by atoms with Crippen LogP contribution >= 0.6 is 22.9 Å². The molecule has 1 aromatic heterocycles. The third-order valence-electron chi connectivity index (χ3n) is 1.97. The third-order valence-corrected chi connectivity index (χ3v) is 3.60. The predicted molar refractivity (Wildman–Crippen MR) is 58.1 cm³/mol. The second-order valence-corrected chi connectivity index (χ2v) is 4.31. The lowest BCUT2D eigenvalue weighted by molar-refractivity contribution is 0.0606. The Bertz CT molecular complexity index is 535. The van der Waals surface area contributed by atoms with Crippen LogP contribution < -0.4 is 0 Å². The van der Waals surface area contributed by atoms with Gasteiger partial charge in [-0.05, 0) is 17.5 Å². The molecular formula is C10H6ClFO2S. The summed E-state index contributed by atoms with van der Waals surface area (Å²) in [6.45, 7) is 0. The summed E-state index contributed by atoms with van der Waals surface area (Å²) in [4.78, 5) is 11.6. The third kappa shape index (κ3) is 1.70. The molecule has 1 heterocycles. The minimum absolute atomic E-state index is 0.0488. The van der Waals surface area contributed by atoms with Crippen LogP contribution in [0.1, 0.15) is 9.67 Å². The van der Waals surface area contributed by atoms with Crippen LogP contribution in [0, 0.1) is 5.82 Å². The predicted octanol–water partition coefficient (Wildman–Crippen LogP) is 3.48. The highest BCUT2D eigenvalue weighted by Crippen LogP contribution is 2.33. The van der Waals surface area contributed by atoms with Crippen LogP contribution in [-0.2, 0) is 4.74 Å². The molecule has 0 saturated carbocycles. The van der Waals surface area contributed by atoms with Gasteiger partial charge in [-0.1, -0.05) is 17.7 Å². The zero-order valence-corrected chi connectivity index (χ0v) is 9.29. The van der Waals surface area contributed by atoms with E-state index in [9.17, 15) is 9.18 Å². The first-order chi connectivity index (χ1) is 7.13. The summed E-state index contributed by atoms with van der Waals surface area (Å²) in [5, 5.41) is 0.791. The fraction of sp³-hybridized carbons (Fsp3) is 0.100. The second kappa shape index (κ2) is 3.79. The molecule has 2 aromatic rings. The fourth-order valence-corrected chi connectivity index (χ4v) is 2.54. The number of hydrogen-bond donors (Lipinski definition) is 0. The number of hydrogen-bond acceptors (Lipinski definition) is 3. The molecule has 0 bridgehead atoms. The number of fused-ring (bicyclic) bond motifs is 1. The number of carbonyl (C=O) groups is 1. The van der Waals surface area contributed by atoms with Crippen molar-refractivity contribution in [3.05, 3.63) is 33.9 Å². The Hall–Kier alpha value is -1.13. The van der Waals surface area contributed by atoms with Crippen LogP contribution in [0.4, 0.5) is 4.39 Å². The molecular weight excluding hydrogens is 239 g/mol. The normalized spacial score (nSPS) is 10.6. The summed E-state index contributed by atoms with van der Waals surface area (Å²) in [7, 11) is 1.30. The Kier molecular flexibility index (Phi) is 2.63. The van der Waals surface area contributed by atoms with E-state index in [1.165, 1.54) is 13.2 Å². The summed E-state index contributed by atoms with van der Waals surface area (Å²) in [5.41, 5.74) is 0. The Morgan fingerprint density at radius 3 is 2.93 bits per heavy atom. The molecule has 0 aliphatic rings. The number of ether oxygens (including phenoxy) is 1. The van der Waals surface area contributed by atoms with Crippen molar-refractivity contribution in [2.75, 3.05) is 7.11 Å². The van der Waals surface area contributed by atoms with Gasteiger partial charge in [-0.3, -0.25) is 0 Å². The largest absolute Gasteiger partial charge is 0.465 e. The number of esters is 1. The molecule has 2 rings (SSSR count). The van der Waals surface area contributed by atoms with Gasteiger partial charge in [0.15, 0.2) is 0 Å². The summed E-state index contributed by atoms with van der Waals surface area (Å²) < 4.78 is 18.2. The van der Waals surface area contributed by atoms with Crippen molar-refractivity contribution >= 4 is 39.0 Å². The summed E-state index contributed by atoms with van der Waals surface area (Å²) >= 11 is 6.89. The zero-order chi connectivity index (χ0) is 11.0. The SMILES string of the molecule is COC(=O)c1cc2ccc(F)c(Cl)c2s1. The zero-order valence-electron chi connectivity index (χ0n) is 7.71. The number of benzene rings is 1. The maximum absolute atomic E-state index is 13.1. The summed E-state index contributed by atoms with van der Waals surface area (Å²) in [5.74, 6) is -0.921. The van der Waals surface area contributed by atoms with Crippen molar-refractivity contribution in [1.82, 2.24) is 0 Å². The quantitative estimate of drug-likeness (QED) is 0.718. The first-order valence-electron chi connectivity index (χ1n) is 4.09. The molecule has 0 atom stereocenters. The smallest absolute Gasteiger partial charge is 0.348 e. The van der Waals surface area contributed by atoms with E-state index in [-0.39, 0.29) is 5.02 Å². The fourth-order valence-electron chi connectivity index (χ4n) is 1.25. The lowest BCUT2D eigenvalue weighted by Gasteiger charge is -1.93. The molecule has 1 aromatic carbocycles. The van der Waals surface area contributed by atoms with Crippen LogP contribution in [0.5, 0.6) is 0 Å². The molecule has 15 heavy (non-hydrogen) atoms. The van der Waals surface area contributed by atoms with E-state index in [1.54, 1.807) is 12.1 Å². The molecule has 0 amide bonds. The van der Waals surface area contributed by atoms with E-state index in [0.717, 1.165) is 16.7 Å². The van der Waals surface area contributed by atoms with Gasteiger partial charge in [-0.25, -0.2) is 9.18 Å². The maximum Gasteiger partial charge on any atom is 0.348 e. The van der Waals surface area contributed by atoms with Gasteiger partial charge in [0.25, 0.3) is 0 Å². The summed E-state index contributed by atoms with van der Waals surface area (Å²) in [6.07, 6.45) is 0. The number of halogens is 2. The number of thiophene rings is 1. The van der Waals surface area contributed by atoms with Gasteiger partial charge in [-0.15, -0.1) is 11.3 Å². The molecule has 0 unspecified atom stereocenters. The Labute approximate surface area is 94.2 Å². The molecule has 0 spiro atoms. The van der Waals surface area contributed by atoms with Crippen LogP contribution in [-0.4, -0.2) is 13.1 Å². The number of rotatable bonds is 1. The highest BCUT2D eigenvalue weighted by atomic mass is 35.5. The molecule has 0 radical (unpaired) electrons. The van der Waals surface area contributed by atoms with E-state index in [0.29, 0.717) is 9.58 Å². The Morgan fingerprint density at radius 1 is 1.53 bits per heavy atom. The van der Waals surface area contributed by atoms with Gasteiger partial charge < -0.3 is 4.74 Å². The van der Waals surface area contributed by atoms with Crippen molar-refractivity contribution in [1.29, 1.82) is 0 Å². The first-order valence-corrected chi connectivity index (χ1v) is 5.29. The van der Waals surface area contributed by atoms with E-state index in [2.05, 4.69) is 4.74 Å². The highest BCUT2D eigenvalue weighted by molar-refractivity contribution is 7.21. The Morgan fingerprint density at radius 2 is 2.27 bits per heavy atom. The van der Waals surface area contributed by atoms with Crippen LogP contribution in [0.3, 0.4) is 0 Å². The number of methoxy groups -OCH3 is 1. The maximum atomic E-state index is 13.1. The van der Waals surface area contributed by atoms with E-state index in [4.69, 9.17) is 11.6 Å². The lowest BCUT2D eigenvalue weighted by atomic mass is 10.2. The monoisotopic (exact) mass is 244 g/mol. The van der Waals surface area contributed by atoms with Crippen LogP contribution in [0.15, 0.2) is 18.2 Å². The summed E-state index contributed by atoms with van der Waals surface area (Å²) in [6, 6.07) is 4.50. The number of carbonyl (C=O) groups excluding carboxylic acids is 1. The molecule has 5 heteroatoms. The average molecular weight is 245 g/mol. The minimum Gasteiger partial charge on any atom is -0.465 e. The van der Waals surface area contributed by atoms with Crippen molar-refractivity contribution in [2.24, 2.45) is 0 Å². The highest BCUT2D eigenvalue weighted by Gasteiger charge is 2.13. The van der Waals surface area contributed by atoms with Crippen molar-refractivity contribution in [3.63, 3.8) is 0 Å². The van der Waals surface area contributed by atoms with Gasteiger partial charge in [0.1, 0.15) is 10.7 Å². The Balaban J connectivity index is 2.66. The van der Waals surface area contributed by atoms with Crippen LogP contribution in [0.25, 0.3) is 10.1 Å². The minimum atomic E-state index is -0.484. The van der Waals surface area contributed by atoms with Crippen LogP contribution in [0.2, 0.25) is 5.02 Å². The molecule has 0 saturated heterocycles. The second-order valence-electron chi connectivity index (χ2n) is 2.88. The molecule has 0 N–H and O–H groups in total. The van der Waals surface area contributed by atoms with Crippen molar-refractivity contribution in [2.45, 2.75) is 0 Å². The van der Waals surface area contributed by atoms with Gasteiger partial charge in [0, 0.05) is 0 Å². The molecule has 0 aliphatic carbocycles. The van der Waals surface area contributed by atoms with Gasteiger partial charge in [0.2, 0.25) is 0 Å². The van der Waals surface area contributed by atoms with E-state index >= 15 is 0 Å². The molecule has 0 fully saturated rings. The first kappa shape index (κ1) is 10.4. The lowest BCUT2D eigenvalue weighted by Crippen LogP contribution is -1.96. The van der Waals surface area contributed by atoms with Gasteiger partial charge in [-0.2, -0.15) is 0 Å². The standard InChI is InChI=1S/C10H6ClFO2S/c1-14-10(13)7-4-5-2-3-6(12)8(11)9(5)15-7/h2-4H,1H3. The van der Waals surface area contributed by atoms with Gasteiger partial charge >= 0.3 is 5.97 Å². The van der Waals surface area contributed by atoms with E-state index < -0.39 is 11.8 Å². The average Bonchev–Trinajstić information content (AvgIpc) is 2.67. The van der Waals surface area contributed by atoms with E-state index in [1.807, 2.05) is 0 Å². The molecule has 0 aliphatic heterocycles. The van der Waals surface area contributed by atoms with Crippen molar-refractivity contribution < 1.29 is 13.9 Å². The van der Waals surface area contributed by atoms with Gasteiger partial charge in [0.05, 0.1) is 16.8 Å². The topological polar surface area (TPSA) is 26.3 Å². The molecule has 78 valence electrons. The van der Waals surface area contributed by atoms with Crippen molar-refractivity contribution in [3.8, 4) is 0 Å². The molecule has 2 nitrogen and oxygen atoms in total.